The second kappa shape index (κ2) is 17.9. The van der Waals surface area contributed by atoms with E-state index in [-0.39, 0.29) is 17.9 Å². The molecule has 0 saturated heterocycles. The van der Waals surface area contributed by atoms with Crippen molar-refractivity contribution >= 4 is 11.8 Å². The van der Waals surface area contributed by atoms with Crippen molar-refractivity contribution in [2.75, 3.05) is 6.61 Å². The van der Waals surface area contributed by atoms with Gasteiger partial charge in [0.2, 0.25) is 11.8 Å². The summed E-state index contributed by atoms with van der Waals surface area (Å²) in [4.78, 5) is 22.9. The SMILES string of the molecule is CCCCCCCCCCCCCC[C@H](NC(C)=O)[C@@H](NC(C)=O)[C@H](O)CO. The van der Waals surface area contributed by atoms with Crippen LogP contribution in [0.2, 0.25) is 0 Å². The van der Waals surface area contributed by atoms with E-state index in [1.807, 2.05) is 0 Å². The zero-order chi connectivity index (χ0) is 21.2. The smallest absolute Gasteiger partial charge is 0.217 e. The highest BCUT2D eigenvalue weighted by molar-refractivity contribution is 5.75. The summed E-state index contributed by atoms with van der Waals surface area (Å²) in [6.07, 6.45) is 14.6. The van der Waals surface area contributed by atoms with Gasteiger partial charge in [0, 0.05) is 13.8 Å². The highest BCUT2D eigenvalue weighted by Gasteiger charge is 2.29. The molecular weight excluding hydrogens is 356 g/mol. The zero-order valence-corrected chi connectivity index (χ0v) is 18.3. The average molecular weight is 401 g/mol. The van der Waals surface area contributed by atoms with Gasteiger partial charge in [-0.3, -0.25) is 9.59 Å². The van der Waals surface area contributed by atoms with Crippen LogP contribution in [0.5, 0.6) is 0 Å². The second-order valence-corrected chi connectivity index (χ2v) is 7.96. The monoisotopic (exact) mass is 400 g/mol. The largest absolute Gasteiger partial charge is 0.394 e. The van der Waals surface area contributed by atoms with Crippen LogP contribution in [0.4, 0.5) is 0 Å². The Morgan fingerprint density at radius 2 is 1.18 bits per heavy atom. The van der Waals surface area contributed by atoms with Crippen LogP contribution >= 0.6 is 0 Å². The molecule has 0 aromatic carbocycles. The predicted molar refractivity (Wildman–Crippen MR) is 114 cm³/mol. The molecule has 0 rings (SSSR count). The van der Waals surface area contributed by atoms with Crippen LogP contribution in [0.25, 0.3) is 0 Å². The van der Waals surface area contributed by atoms with Gasteiger partial charge in [-0.2, -0.15) is 0 Å². The third-order valence-electron chi connectivity index (χ3n) is 5.16. The summed E-state index contributed by atoms with van der Waals surface area (Å²) in [5, 5.41) is 24.8. The molecule has 0 aromatic heterocycles. The van der Waals surface area contributed by atoms with Crippen molar-refractivity contribution in [2.24, 2.45) is 0 Å². The Morgan fingerprint density at radius 1 is 0.750 bits per heavy atom. The molecule has 0 aliphatic rings. The van der Waals surface area contributed by atoms with Crippen molar-refractivity contribution in [3.05, 3.63) is 0 Å². The molecule has 0 spiro atoms. The Balaban J connectivity index is 4.05. The zero-order valence-electron chi connectivity index (χ0n) is 18.3. The third kappa shape index (κ3) is 14.9. The lowest BCUT2D eigenvalue weighted by atomic mass is 9.96. The van der Waals surface area contributed by atoms with Gasteiger partial charge in [-0.05, 0) is 6.42 Å². The van der Waals surface area contributed by atoms with Crippen LogP contribution < -0.4 is 10.6 Å². The van der Waals surface area contributed by atoms with Crippen molar-refractivity contribution < 1.29 is 19.8 Å². The molecule has 0 radical (unpaired) electrons. The minimum absolute atomic E-state index is 0.204. The topological polar surface area (TPSA) is 98.7 Å². The second-order valence-electron chi connectivity index (χ2n) is 7.96. The number of amides is 2. The first-order valence-corrected chi connectivity index (χ1v) is 11.3. The minimum Gasteiger partial charge on any atom is -0.394 e. The van der Waals surface area contributed by atoms with Gasteiger partial charge in [0.15, 0.2) is 0 Å². The molecule has 6 nitrogen and oxygen atoms in total. The molecule has 0 bridgehead atoms. The predicted octanol–water partition coefficient (Wildman–Crippen LogP) is 3.44. The number of hydrogen-bond donors (Lipinski definition) is 4. The highest BCUT2D eigenvalue weighted by atomic mass is 16.3. The fraction of sp³-hybridized carbons (Fsp3) is 0.909. The summed E-state index contributed by atoms with van der Waals surface area (Å²) in [6.45, 7) is 4.57. The maximum absolute atomic E-state index is 11.5. The van der Waals surface area contributed by atoms with E-state index < -0.39 is 18.8 Å². The first kappa shape index (κ1) is 26.9. The van der Waals surface area contributed by atoms with Gasteiger partial charge in [-0.15, -0.1) is 0 Å². The number of carbonyl (C=O) groups excluding carboxylic acids is 2. The fourth-order valence-corrected chi connectivity index (χ4v) is 3.62. The van der Waals surface area contributed by atoms with Crippen LogP contribution in [0.3, 0.4) is 0 Å². The Bertz CT molecular complexity index is 404. The van der Waals surface area contributed by atoms with Crippen molar-refractivity contribution in [1.29, 1.82) is 0 Å². The molecule has 0 saturated carbocycles. The fourth-order valence-electron chi connectivity index (χ4n) is 3.62. The lowest BCUT2D eigenvalue weighted by Gasteiger charge is -2.31. The Morgan fingerprint density at radius 3 is 1.57 bits per heavy atom. The van der Waals surface area contributed by atoms with Crippen molar-refractivity contribution in [3.63, 3.8) is 0 Å². The number of carbonyl (C=O) groups is 2. The first-order chi connectivity index (χ1) is 13.4. The van der Waals surface area contributed by atoms with Gasteiger partial charge in [-0.1, -0.05) is 84.0 Å². The van der Waals surface area contributed by atoms with Crippen molar-refractivity contribution in [1.82, 2.24) is 10.6 Å². The molecular formula is C22H44N2O4. The number of aliphatic hydroxyl groups is 2. The van der Waals surface area contributed by atoms with E-state index in [1.54, 1.807) is 0 Å². The summed E-state index contributed by atoms with van der Waals surface area (Å²) < 4.78 is 0. The van der Waals surface area contributed by atoms with Crippen LogP contribution in [0.15, 0.2) is 0 Å². The Kier molecular flexibility index (Phi) is 17.2. The van der Waals surface area contributed by atoms with Gasteiger partial charge in [0.05, 0.1) is 24.8 Å². The maximum atomic E-state index is 11.5. The van der Waals surface area contributed by atoms with E-state index in [2.05, 4.69) is 17.6 Å². The molecule has 2 amide bonds. The highest BCUT2D eigenvalue weighted by Crippen LogP contribution is 2.15. The number of rotatable bonds is 18. The van der Waals surface area contributed by atoms with Gasteiger partial charge in [0.25, 0.3) is 0 Å². The molecule has 0 aliphatic heterocycles. The number of hydrogen-bond acceptors (Lipinski definition) is 4. The Labute approximate surface area is 171 Å². The van der Waals surface area contributed by atoms with Gasteiger partial charge in [-0.25, -0.2) is 0 Å². The van der Waals surface area contributed by atoms with Gasteiger partial charge in [0.1, 0.15) is 0 Å². The molecule has 6 heteroatoms. The standard InChI is InChI=1S/C22H44N2O4/c1-4-5-6-7-8-9-10-11-12-13-14-15-16-20(23-18(2)26)22(21(28)17-25)24-19(3)27/h20-22,25,28H,4-17H2,1-3H3,(H,23,26)(H,24,27)/t20-,21+,22+/m0/s1. The lowest BCUT2D eigenvalue weighted by Crippen LogP contribution is -2.57. The van der Waals surface area contributed by atoms with E-state index in [0.29, 0.717) is 6.42 Å². The number of unbranched alkanes of at least 4 members (excludes halogenated alkanes) is 11. The Hall–Kier alpha value is -1.14. The molecule has 0 unspecified atom stereocenters. The van der Waals surface area contributed by atoms with Crippen LogP contribution in [-0.2, 0) is 9.59 Å². The number of aliphatic hydroxyl groups excluding tert-OH is 2. The molecule has 0 aliphatic carbocycles. The summed E-state index contributed by atoms with van der Waals surface area (Å²) in [6, 6.07) is -1.06. The third-order valence-corrected chi connectivity index (χ3v) is 5.16. The first-order valence-electron chi connectivity index (χ1n) is 11.3. The van der Waals surface area contributed by atoms with Gasteiger partial charge < -0.3 is 20.8 Å². The van der Waals surface area contributed by atoms with E-state index in [0.717, 1.165) is 19.3 Å². The maximum Gasteiger partial charge on any atom is 0.217 e. The molecule has 0 aromatic rings. The van der Waals surface area contributed by atoms with E-state index in [1.165, 1.54) is 71.6 Å². The van der Waals surface area contributed by atoms with E-state index in [4.69, 9.17) is 0 Å². The summed E-state index contributed by atoms with van der Waals surface area (Å²) in [5.74, 6) is -0.494. The van der Waals surface area contributed by atoms with Crippen LogP contribution in [0.1, 0.15) is 104 Å². The van der Waals surface area contributed by atoms with Crippen LogP contribution in [0, 0.1) is 0 Å². The molecule has 28 heavy (non-hydrogen) atoms. The molecule has 0 fully saturated rings. The summed E-state index contributed by atoms with van der Waals surface area (Å²) in [5.41, 5.74) is 0. The summed E-state index contributed by atoms with van der Waals surface area (Å²) in [7, 11) is 0. The molecule has 166 valence electrons. The lowest BCUT2D eigenvalue weighted by molar-refractivity contribution is -0.123. The molecule has 0 heterocycles. The van der Waals surface area contributed by atoms with E-state index >= 15 is 0 Å². The minimum atomic E-state index is -1.10. The average Bonchev–Trinajstić information content (AvgIpc) is 2.65. The van der Waals surface area contributed by atoms with Crippen molar-refractivity contribution in [2.45, 2.75) is 122 Å². The van der Waals surface area contributed by atoms with Crippen molar-refractivity contribution in [3.8, 4) is 0 Å². The van der Waals surface area contributed by atoms with Gasteiger partial charge >= 0.3 is 0 Å². The summed E-state index contributed by atoms with van der Waals surface area (Å²) >= 11 is 0. The van der Waals surface area contributed by atoms with E-state index in [9.17, 15) is 19.8 Å². The normalized spacial score (nSPS) is 14.3. The van der Waals surface area contributed by atoms with Crippen LogP contribution in [-0.4, -0.2) is 46.8 Å². The quantitative estimate of drug-likeness (QED) is 0.265. The molecule has 3 atom stereocenters. The number of nitrogens with one attached hydrogen (secondary N) is 2. The molecule has 4 N–H and O–H groups in total.